The summed E-state index contributed by atoms with van der Waals surface area (Å²) in [5, 5.41) is 11.5. The molecule has 0 bridgehead atoms. The third kappa shape index (κ3) is 2.88. The van der Waals surface area contributed by atoms with E-state index in [0.29, 0.717) is 5.95 Å². The molecule has 1 N–H and O–H groups in total. The smallest absolute Gasteiger partial charge is 0.229 e. The summed E-state index contributed by atoms with van der Waals surface area (Å²) in [5.41, 5.74) is 5.45. The van der Waals surface area contributed by atoms with Gasteiger partial charge in [-0.15, -0.1) is 0 Å². The molecule has 0 aliphatic carbocycles. The summed E-state index contributed by atoms with van der Waals surface area (Å²) in [7, 11) is 3.77. The van der Waals surface area contributed by atoms with Crippen molar-refractivity contribution in [3.8, 4) is 16.8 Å². The Kier molecular flexibility index (Phi) is 3.64. The van der Waals surface area contributed by atoms with Crippen molar-refractivity contribution in [3.05, 3.63) is 61.6 Å². The van der Waals surface area contributed by atoms with E-state index in [4.69, 9.17) is 0 Å². The fraction of sp³-hybridized carbons (Fsp3) is 0.105. The minimum Gasteiger partial charge on any atom is -0.321 e. The van der Waals surface area contributed by atoms with Crippen LogP contribution < -0.4 is 5.32 Å². The zero-order valence-corrected chi connectivity index (χ0v) is 15.4. The number of benzene rings is 1. The van der Waals surface area contributed by atoms with Crippen LogP contribution in [0.3, 0.4) is 0 Å². The molecule has 0 amide bonds. The molecule has 0 unspecified atom stereocenters. The summed E-state index contributed by atoms with van der Waals surface area (Å²) < 4.78 is 5.45. The van der Waals surface area contributed by atoms with Crippen LogP contribution in [0, 0.1) is 0 Å². The first-order chi connectivity index (χ1) is 13.7. The normalized spacial score (nSPS) is 11.2. The van der Waals surface area contributed by atoms with Gasteiger partial charge in [-0.05, 0) is 17.7 Å². The molecule has 5 rings (SSSR count). The number of rotatable bonds is 4. The maximum Gasteiger partial charge on any atom is 0.229 e. The monoisotopic (exact) mass is 371 g/mol. The molecule has 4 heterocycles. The zero-order valence-electron chi connectivity index (χ0n) is 15.4. The Hall–Kier alpha value is -4.01. The van der Waals surface area contributed by atoms with Gasteiger partial charge in [0.25, 0.3) is 0 Å². The molecule has 9 heteroatoms. The van der Waals surface area contributed by atoms with Crippen LogP contribution >= 0.6 is 0 Å². The average molecular weight is 371 g/mol. The highest BCUT2D eigenvalue weighted by atomic mass is 15.3. The molecular weight excluding hydrogens is 354 g/mol. The Morgan fingerprint density at radius 3 is 2.32 bits per heavy atom. The Morgan fingerprint density at radius 1 is 0.821 bits per heavy atom. The first kappa shape index (κ1) is 16.2. The predicted octanol–water partition coefficient (Wildman–Crippen LogP) is 2.69. The van der Waals surface area contributed by atoms with Gasteiger partial charge in [-0.3, -0.25) is 13.9 Å². The van der Waals surface area contributed by atoms with Crippen molar-refractivity contribution < 1.29 is 0 Å². The fourth-order valence-corrected chi connectivity index (χ4v) is 3.06. The van der Waals surface area contributed by atoms with Crippen molar-refractivity contribution >= 4 is 22.8 Å². The van der Waals surface area contributed by atoms with Crippen molar-refractivity contribution in [1.29, 1.82) is 0 Å². The van der Waals surface area contributed by atoms with Crippen LogP contribution in [0.5, 0.6) is 0 Å². The number of aryl methyl sites for hydroxylation is 2. The molecule has 1 aromatic carbocycles. The van der Waals surface area contributed by atoms with Crippen LogP contribution in [0.2, 0.25) is 0 Å². The molecule has 0 fully saturated rings. The summed E-state index contributed by atoms with van der Waals surface area (Å²) in [4.78, 5) is 13.4. The molecule has 4 aromatic heterocycles. The topological polar surface area (TPSA) is 91.3 Å². The van der Waals surface area contributed by atoms with Crippen molar-refractivity contribution in [2.75, 3.05) is 5.32 Å². The molecule has 5 aromatic rings. The first-order valence-corrected chi connectivity index (χ1v) is 8.71. The van der Waals surface area contributed by atoms with Gasteiger partial charge in [0.15, 0.2) is 5.65 Å². The van der Waals surface area contributed by atoms with Gasteiger partial charge < -0.3 is 5.32 Å². The molecular formula is C19H17N9. The maximum absolute atomic E-state index is 4.63. The van der Waals surface area contributed by atoms with E-state index in [1.165, 1.54) is 0 Å². The van der Waals surface area contributed by atoms with E-state index in [2.05, 4.69) is 42.6 Å². The highest BCUT2D eigenvalue weighted by Gasteiger charge is 2.10. The number of aromatic nitrogens is 8. The Balaban J connectivity index is 1.49. The van der Waals surface area contributed by atoms with E-state index in [0.717, 1.165) is 33.7 Å². The third-order valence-corrected chi connectivity index (χ3v) is 4.44. The zero-order chi connectivity index (χ0) is 19.1. The fourth-order valence-electron chi connectivity index (χ4n) is 3.06. The number of nitrogens with zero attached hydrogens (tertiary/aromatic N) is 8. The van der Waals surface area contributed by atoms with Crippen LogP contribution in [0.25, 0.3) is 28.0 Å². The summed E-state index contributed by atoms with van der Waals surface area (Å²) in [6, 6.07) is 8.21. The van der Waals surface area contributed by atoms with Gasteiger partial charge in [0, 0.05) is 37.7 Å². The molecule has 0 radical (unpaired) electrons. The second-order valence-electron chi connectivity index (χ2n) is 6.49. The number of hydrogen-bond acceptors (Lipinski definition) is 6. The summed E-state index contributed by atoms with van der Waals surface area (Å²) >= 11 is 0. The Morgan fingerprint density at radius 2 is 1.61 bits per heavy atom. The van der Waals surface area contributed by atoms with Gasteiger partial charge in [0.05, 0.1) is 24.3 Å². The second kappa shape index (κ2) is 6.31. The first-order valence-electron chi connectivity index (χ1n) is 8.71. The lowest BCUT2D eigenvalue weighted by atomic mass is 10.1. The Labute approximate surface area is 160 Å². The number of anilines is 2. The molecule has 138 valence electrons. The molecule has 0 saturated carbocycles. The molecule has 0 atom stereocenters. The largest absolute Gasteiger partial charge is 0.321 e. The lowest BCUT2D eigenvalue weighted by Crippen LogP contribution is -1.99. The molecule has 9 nitrogen and oxygen atoms in total. The molecule has 0 spiro atoms. The van der Waals surface area contributed by atoms with E-state index in [1.807, 2.05) is 49.4 Å². The van der Waals surface area contributed by atoms with E-state index in [9.17, 15) is 0 Å². The van der Waals surface area contributed by atoms with Gasteiger partial charge in [-0.2, -0.15) is 15.2 Å². The molecule has 0 aliphatic heterocycles. The number of hydrogen-bond donors (Lipinski definition) is 1. The predicted molar refractivity (Wildman–Crippen MR) is 105 cm³/mol. The van der Waals surface area contributed by atoms with Crippen LogP contribution in [0.1, 0.15) is 0 Å². The maximum atomic E-state index is 4.63. The van der Waals surface area contributed by atoms with Crippen molar-refractivity contribution in [1.82, 2.24) is 39.1 Å². The summed E-state index contributed by atoms with van der Waals surface area (Å²) in [5.74, 6) is 0.495. The van der Waals surface area contributed by atoms with E-state index >= 15 is 0 Å². The molecule has 0 aliphatic rings. The molecule has 0 saturated heterocycles. The molecule has 28 heavy (non-hydrogen) atoms. The van der Waals surface area contributed by atoms with Crippen molar-refractivity contribution in [3.63, 3.8) is 0 Å². The number of imidazole rings is 1. The highest BCUT2D eigenvalue weighted by Crippen LogP contribution is 2.23. The Bertz CT molecular complexity index is 1260. The number of nitrogens with one attached hydrogen (secondary N) is 1. The van der Waals surface area contributed by atoms with Crippen molar-refractivity contribution in [2.45, 2.75) is 0 Å². The van der Waals surface area contributed by atoms with Crippen LogP contribution in [-0.4, -0.2) is 39.1 Å². The lowest BCUT2D eigenvalue weighted by molar-refractivity contribution is 0.768. The van der Waals surface area contributed by atoms with Gasteiger partial charge >= 0.3 is 0 Å². The van der Waals surface area contributed by atoms with Crippen LogP contribution in [0.15, 0.2) is 61.6 Å². The SMILES string of the molecule is Cn1cc(Nc2ncc3ncn(-c4ccc(-c5cnn(C)c5)cc4)c3n2)cn1. The van der Waals surface area contributed by atoms with E-state index in [-0.39, 0.29) is 0 Å². The van der Waals surface area contributed by atoms with Gasteiger partial charge in [0.2, 0.25) is 5.95 Å². The third-order valence-electron chi connectivity index (χ3n) is 4.44. The highest BCUT2D eigenvalue weighted by molar-refractivity contribution is 5.74. The van der Waals surface area contributed by atoms with Gasteiger partial charge in [-0.25, -0.2) is 9.97 Å². The van der Waals surface area contributed by atoms with Gasteiger partial charge in [-0.1, -0.05) is 12.1 Å². The summed E-state index contributed by atoms with van der Waals surface area (Å²) in [6.07, 6.45) is 10.9. The average Bonchev–Trinajstić information content (AvgIpc) is 3.42. The minimum atomic E-state index is 0.495. The second-order valence-corrected chi connectivity index (χ2v) is 6.49. The van der Waals surface area contributed by atoms with Crippen molar-refractivity contribution in [2.24, 2.45) is 14.1 Å². The lowest BCUT2D eigenvalue weighted by Gasteiger charge is -2.06. The number of fused-ring (bicyclic) bond motifs is 1. The quantitative estimate of drug-likeness (QED) is 0.522. The minimum absolute atomic E-state index is 0.495. The van der Waals surface area contributed by atoms with E-state index in [1.54, 1.807) is 28.1 Å². The standard InChI is InChI=1S/C19H17N9/c1-26-10-14(7-22-26)13-3-5-16(6-4-13)28-12-21-17-9-20-19(25-18(17)28)24-15-8-23-27(2)11-15/h3-12H,1-2H3,(H,20,24,25). The van der Waals surface area contributed by atoms with Crippen LogP contribution in [-0.2, 0) is 14.1 Å². The van der Waals surface area contributed by atoms with E-state index < -0.39 is 0 Å². The summed E-state index contributed by atoms with van der Waals surface area (Å²) in [6.45, 7) is 0. The van der Waals surface area contributed by atoms with Gasteiger partial charge in [0.1, 0.15) is 11.8 Å². The van der Waals surface area contributed by atoms with Crippen LogP contribution in [0.4, 0.5) is 11.6 Å².